The number of benzene rings is 2. The molecule has 0 unspecified atom stereocenters. The summed E-state index contributed by atoms with van der Waals surface area (Å²) in [6.07, 6.45) is 5.92. The lowest BCUT2D eigenvalue weighted by Gasteiger charge is -2.25. The normalized spacial score (nSPS) is 14.1. The van der Waals surface area contributed by atoms with Crippen LogP contribution < -0.4 is 14.8 Å². The number of hydrogen-bond donors (Lipinski definition) is 1. The van der Waals surface area contributed by atoms with Gasteiger partial charge in [-0.1, -0.05) is 37.1 Å². The minimum Gasteiger partial charge on any atom is -0.497 e. The minimum absolute atomic E-state index is 0.0716. The van der Waals surface area contributed by atoms with Crippen molar-refractivity contribution in [2.75, 3.05) is 24.8 Å². The fourth-order valence-electron chi connectivity index (χ4n) is 4.26. The zero-order valence-corrected chi connectivity index (χ0v) is 20.6. The van der Waals surface area contributed by atoms with Crippen molar-refractivity contribution in [2.24, 2.45) is 0 Å². The maximum atomic E-state index is 12.8. The topological polar surface area (TPSA) is 78.3 Å². The molecule has 1 aliphatic rings. The molecule has 2 aromatic carbocycles. The van der Waals surface area contributed by atoms with Gasteiger partial charge < -0.3 is 19.4 Å². The third-order valence-electron chi connectivity index (χ3n) is 6.02. The van der Waals surface area contributed by atoms with Crippen molar-refractivity contribution in [3.8, 4) is 11.5 Å². The summed E-state index contributed by atoms with van der Waals surface area (Å²) < 4.78 is 13.0. The first-order valence-corrected chi connectivity index (χ1v) is 12.9. The Morgan fingerprint density at radius 3 is 2.62 bits per heavy atom. The smallest absolute Gasteiger partial charge is 0.191 e. The van der Waals surface area contributed by atoms with E-state index in [1.54, 1.807) is 7.11 Å². The number of anilines is 1. The Bertz CT molecular complexity index is 1080. The molecule has 0 spiro atoms. The molecule has 0 aliphatic heterocycles. The molecule has 1 N–H and O–H groups in total. The predicted molar refractivity (Wildman–Crippen MR) is 135 cm³/mol. The maximum absolute atomic E-state index is 12.8. The van der Waals surface area contributed by atoms with Gasteiger partial charge in [-0.2, -0.15) is 0 Å². The van der Waals surface area contributed by atoms with Crippen LogP contribution in [0.4, 0.5) is 5.69 Å². The van der Waals surface area contributed by atoms with E-state index in [9.17, 15) is 4.79 Å². The number of rotatable bonds is 11. The number of ether oxygens (including phenoxy) is 2. The zero-order valence-electron chi connectivity index (χ0n) is 19.8. The van der Waals surface area contributed by atoms with E-state index in [4.69, 9.17) is 9.47 Å². The first-order chi connectivity index (χ1) is 16.7. The molecule has 0 radical (unpaired) electrons. The molecule has 3 aromatic rings. The van der Waals surface area contributed by atoms with Gasteiger partial charge in [0.05, 0.1) is 26.0 Å². The number of thioether (sulfide) groups is 1. The van der Waals surface area contributed by atoms with Crippen LogP contribution in [0.5, 0.6) is 11.5 Å². The van der Waals surface area contributed by atoms with E-state index in [2.05, 4.69) is 20.1 Å². The number of ketones is 1. The fraction of sp³-hybridized carbons (Fsp3) is 0.423. The molecule has 7 nitrogen and oxygen atoms in total. The predicted octanol–water partition coefficient (Wildman–Crippen LogP) is 5.78. The highest BCUT2D eigenvalue weighted by molar-refractivity contribution is 7.99. The second-order valence-corrected chi connectivity index (χ2v) is 9.26. The van der Waals surface area contributed by atoms with Gasteiger partial charge in [-0.15, -0.1) is 10.2 Å². The van der Waals surface area contributed by atoms with Gasteiger partial charge in [0.1, 0.15) is 11.5 Å². The number of hydrogen-bond acceptors (Lipinski definition) is 7. The van der Waals surface area contributed by atoms with Crippen LogP contribution in [0.15, 0.2) is 53.7 Å². The number of Topliss-reactive ketones (excluding diaryl/α,β-unsaturated/α-hetero) is 1. The second kappa shape index (κ2) is 11.9. The van der Waals surface area contributed by atoms with Crippen LogP contribution in [0.2, 0.25) is 0 Å². The van der Waals surface area contributed by atoms with Gasteiger partial charge in [0.2, 0.25) is 0 Å². The molecular weight excluding hydrogens is 448 g/mol. The van der Waals surface area contributed by atoms with E-state index < -0.39 is 0 Å². The summed E-state index contributed by atoms with van der Waals surface area (Å²) in [5.41, 5.74) is 1.65. The molecular formula is C26H32N4O3S. The summed E-state index contributed by atoms with van der Waals surface area (Å²) in [4.78, 5) is 12.8. The van der Waals surface area contributed by atoms with Gasteiger partial charge in [0.15, 0.2) is 16.8 Å². The largest absolute Gasteiger partial charge is 0.497 e. The van der Waals surface area contributed by atoms with Gasteiger partial charge in [0.25, 0.3) is 0 Å². The van der Waals surface area contributed by atoms with E-state index in [1.807, 2.05) is 55.5 Å². The molecule has 0 saturated heterocycles. The van der Waals surface area contributed by atoms with Crippen LogP contribution >= 0.6 is 11.8 Å². The van der Waals surface area contributed by atoms with Crippen LogP contribution in [-0.2, 0) is 6.54 Å². The highest BCUT2D eigenvalue weighted by Crippen LogP contribution is 2.33. The molecule has 1 aromatic heterocycles. The molecule has 8 heteroatoms. The summed E-state index contributed by atoms with van der Waals surface area (Å²) >= 11 is 1.47. The standard InChI is InChI=1S/C26H32N4O3S/c1-3-33-22-14-12-19(13-15-22)24(31)18-34-26-29-28-25(30(26)21-9-5-4-6-10-21)17-27-20-8-7-11-23(16-20)32-2/h7-8,11-16,21,27H,3-6,9-10,17-18H2,1-2H3. The molecule has 1 heterocycles. The van der Waals surface area contributed by atoms with Crippen LogP contribution in [0.3, 0.4) is 0 Å². The Kier molecular flexibility index (Phi) is 8.46. The lowest BCUT2D eigenvalue weighted by molar-refractivity contribution is 0.102. The minimum atomic E-state index is 0.0716. The van der Waals surface area contributed by atoms with Crippen LogP contribution in [0.1, 0.15) is 61.3 Å². The number of carbonyl (C=O) groups is 1. The van der Waals surface area contributed by atoms with E-state index in [0.29, 0.717) is 30.5 Å². The molecule has 1 fully saturated rings. The molecule has 0 amide bonds. The number of carbonyl (C=O) groups excluding carboxylic acids is 1. The van der Waals surface area contributed by atoms with Crippen molar-refractivity contribution in [2.45, 2.75) is 56.8 Å². The Hall–Kier alpha value is -3.00. The average molecular weight is 481 g/mol. The summed E-state index contributed by atoms with van der Waals surface area (Å²) in [5.74, 6) is 2.87. The van der Waals surface area contributed by atoms with Crippen molar-refractivity contribution in [3.05, 3.63) is 59.9 Å². The van der Waals surface area contributed by atoms with Crippen LogP contribution in [-0.4, -0.2) is 40.0 Å². The van der Waals surface area contributed by atoms with Crippen molar-refractivity contribution >= 4 is 23.2 Å². The maximum Gasteiger partial charge on any atom is 0.191 e. The molecule has 0 bridgehead atoms. The Balaban J connectivity index is 1.46. The number of nitrogens with zero attached hydrogens (tertiary/aromatic N) is 3. The molecule has 34 heavy (non-hydrogen) atoms. The lowest BCUT2D eigenvalue weighted by atomic mass is 9.95. The third kappa shape index (κ3) is 6.11. The van der Waals surface area contributed by atoms with E-state index in [1.165, 1.54) is 31.0 Å². The second-order valence-electron chi connectivity index (χ2n) is 8.32. The first-order valence-electron chi connectivity index (χ1n) is 11.9. The highest BCUT2D eigenvalue weighted by Gasteiger charge is 2.23. The SMILES string of the molecule is CCOc1ccc(C(=O)CSc2nnc(CNc3cccc(OC)c3)n2C2CCCCC2)cc1. The molecule has 1 aliphatic carbocycles. The van der Waals surface area contributed by atoms with Crippen LogP contribution in [0.25, 0.3) is 0 Å². The molecule has 4 rings (SSSR count). The monoisotopic (exact) mass is 480 g/mol. The van der Waals surface area contributed by atoms with Gasteiger partial charge >= 0.3 is 0 Å². The van der Waals surface area contributed by atoms with Crippen molar-refractivity contribution in [3.63, 3.8) is 0 Å². The Morgan fingerprint density at radius 1 is 1.09 bits per heavy atom. The Labute approximate surface area is 205 Å². The molecule has 0 atom stereocenters. The Morgan fingerprint density at radius 2 is 1.88 bits per heavy atom. The quantitative estimate of drug-likeness (QED) is 0.275. The van der Waals surface area contributed by atoms with E-state index >= 15 is 0 Å². The van der Waals surface area contributed by atoms with Gasteiger partial charge in [0, 0.05) is 23.4 Å². The summed E-state index contributed by atoms with van der Waals surface area (Å²) in [7, 11) is 1.66. The van der Waals surface area contributed by atoms with E-state index in [-0.39, 0.29) is 5.78 Å². The van der Waals surface area contributed by atoms with Gasteiger partial charge in [-0.3, -0.25) is 4.79 Å². The summed E-state index contributed by atoms with van der Waals surface area (Å²) in [6.45, 7) is 3.11. The van der Waals surface area contributed by atoms with Crippen molar-refractivity contribution in [1.82, 2.24) is 14.8 Å². The summed E-state index contributed by atoms with van der Waals surface area (Å²) in [6, 6.07) is 15.6. The lowest BCUT2D eigenvalue weighted by Crippen LogP contribution is -2.18. The number of aromatic nitrogens is 3. The highest BCUT2D eigenvalue weighted by atomic mass is 32.2. The average Bonchev–Trinajstić information content (AvgIpc) is 3.30. The fourth-order valence-corrected chi connectivity index (χ4v) is 5.18. The van der Waals surface area contributed by atoms with Crippen LogP contribution in [0, 0.1) is 0 Å². The number of nitrogens with one attached hydrogen (secondary N) is 1. The van der Waals surface area contributed by atoms with E-state index in [0.717, 1.165) is 41.0 Å². The third-order valence-corrected chi connectivity index (χ3v) is 6.96. The van der Waals surface area contributed by atoms with Gasteiger partial charge in [-0.05, 0) is 56.2 Å². The van der Waals surface area contributed by atoms with Crippen molar-refractivity contribution in [1.29, 1.82) is 0 Å². The first kappa shape index (κ1) is 24.1. The summed E-state index contributed by atoms with van der Waals surface area (Å²) in [5, 5.41) is 13.2. The van der Waals surface area contributed by atoms with Crippen molar-refractivity contribution < 1.29 is 14.3 Å². The molecule has 1 saturated carbocycles. The number of methoxy groups -OCH3 is 1. The van der Waals surface area contributed by atoms with Gasteiger partial charge in [-0.25, -0.2) is 0 Å². The molecule has 180 valence electrons. The zero-order chi connectivity index (χ0) is 23.8.